The summed E-state index contributed by atoms with van der Waals surface area (Å²) in [4.78, 5) is 19.3. The maximum absolute atomic E-state index is 13.1. The first-order chi connectivity index (χ1) is 13.2. The highest BCUT2D eigenvalue weighted by atomic mass is 19.1. The van der Waals surface area contributed by atoms with E-state index in [2.05, 4.69) is 9.80 Å². The number of nitrogens with zero attached hydrogens (tertiary/aromatic N) is 3. The number of carbonyl (C=O) groups is 1. The molecule has 2 aliphatic heterocycles. The summed E-state index contributed by atoms with van der Waals surface area (Å²) in [5.41, 5.74) is 1.06. The molecule has 0 aromatic heterocycles. The van der Waals surface area contributed by atoms with Gasteiger partial charge in [0.2, 0.25) is 5.91 Å². The van der Waals surface area contributed by atoms with Gasteiger partial charge >= 0.3 is 0 Å². The molecular formula is C21H32FN3O2. The van der Waals surface area contributed by atoms with E-state index in [0.717, 1.165) is 44.8 Å². The lowest BCUT2D eigenvalue weighted by Gasteiger charge is -2.41. The third-order valence-electron chi connectivity index (χ3n) is 5.81. The molecular weight excluding hydrogens is 345 g/mol. The van der Waals surface area contributed by atoms with Crippen LogP contribution in [0.1, 0.15) is 37.7 Å². The second-order valence-electron chi connectivity index (χ2n) is 7.76. The van der Waals surface area contributed by atoms with Crippen LogP contribution in [0.3, 0.4) is 0 Å². The van der Waals surface area contributed by atoms with E-state index in [-0.39, 0.29) is 24.4 Å². The standard InChI is InChI=1S/C21H32FN3O2/c22-19-6-4-18(5-7-19)16-24-13-14-25(17-20(24)9-15-26)21(27)8-12-23-10-2-1-3-11-23/h4-7,20,26H,1-3,8-17H2/t20-/m1/s1. The van der Waals surface area contributed by atoms with E-state index in [0.29, 0.717) is 19.4 Å². The molecule has 1 aromatic rings. The van der Waals surface area contributed by atoms with E-state index in [1.54, 1.807) is 0 Å². The van der Waals surface area contributed by atoms with Crippen molar-refractivity contribution < 1.29 is 14.3 Å². The molecule has 2 heterocycles. The predicted octanol–water partition coefficient (Wildman–Crippen LogP) is 2.10. The molecule has 3 rings (SSSR count). The van der Waals surface area contributed by atoms with Gasteiger partial charge in [0.15, 0.2) is 0 Å². The van der Waals surface area contributed by atoms with E-state index in [1.165, 1.54) is 31.4 Å². The van der Waals surface area contributed by atoms with Crippen molar-refractivity contribution in [2.75, 3.05) is 45.9 Å². The number of carbonyl (C=O) groups excluding carboxylic acids is 1. The Morgan fingerprint density at radius 1 is 1.07 bits per heavy atom. The van der Waals surface area contributed by atoms with Crippen LogP contribution in [0.15, 0.2) is 24.3 Å². The Hall–Kier alpha value is -1.50. The van der Waals surface area contributed by atoms with Crippen molar-refractivity contribution in [3.63, 3.8) is 0 Å². The number of piperidine rings is 1. The number of hydrogen-bond donors (Lipinski definition) is 1. The minimum atomic E-state index is -0.227. The topological polar surface area (TPSA) is 47.0 Å². The number of benzene rings is 1. The number of likely N-dealkylation sites (tertiary alicyclic amines) is 1. The van der Waals surface area contributed by atoms with Gasteiger partial charge < -0.3 is 14.9 Å². The predicted molar refractivity (Wildman–Crippen MR) is 104 cm³/mol. The Morgan fingerprint density at radius 2 is 1.81 bits per heavy atom. The van der Waals surface area contributed by atoms with Crippen LogP contribution in [0.2, 0.25) is 0 Å². The van der Waals surface area contributed by atoms with Crippen molar-refractivity contribution in [2.45, 2.75) is 44.7 Å². The number of aliphatic hydroxyl groups is 1. The van der Waals surface area contributed by atoms with Crippen molar-refractivity contribution in [1.82, 2.24) is 14.7 Å². The molecule has 0 spiro atoms. The Morgan fingerprint density at radius 3 is 2.52 bits per heavy atom. The van der Waals surface area contributed by atoms with E-state index in [1.807, 2.05) is 17.0 Å². The third-order valence-corrected chi connectivity index (χ3v) is 5.81. The number of rotatable bonds is 7. The number of piperazine rings is 1. The highest BCUT2D eigenvalue weighted by Gasteiger charge is 2.29. The molecule has 1 atom stereocenters. The minimum absolute atomic E-state index is 0.112. The lowest BCUT2D eigenvalue weighted by Crippen LogP contribution is -2.54. The Kier molecular flexibility index (Phi) is 7.61. The Labute approximate surface area is 161 Å². The van der Waals surface area contributed by atoms with Crippen LogP contribution >= 0.6 is 0 Å². The largest absolute Gasteiger partial charge is 0.396 e. The van der Waals surface area contributed by atoms with Gasteiger partial charge in [0.05, 0.1) is 0 Å². The van der Waals surface area contributed by atoms with E-state index < -0.39 is 0 Å². The van der Waals surface area contributed by atoms with E-state index >= 15 is 0 Å². The lowest BCUT2D eigenvalue weighted by molar-refractivity contribution is -0.135. The Bertz CT molecular complexity index is 590. The van der Waals surface area contributed by atoms with Gasteiger partial charge in [0.1, 0.15) is 5.82 Å². The van der Waals surface area contributed by atoms with Gasteiger partial charge in [0.25, 0.3) is 0 Å². The summed E-state index contributed by atoms with van der Waals surface area (Å²) in [5.74, 6) is -0.000255. The molecule has 150 valence electrons. The minimum Gasteiger partial charge on any atom is -0.396 e. The fourth-order valence-electron chi connectivity index (χ4n) is 4.17. The average Bonchev–Trinajstić information content (AvgIpc) is 2.70. The summed E-state index contributed by atoms with van der Waals surface area (Å²) < 4.78 is 13.1. The first-order valence-electron chi connectivity index (χ1n) is 10.2. The van der Waals surface area contributed by atoms with Crippen molar-refractivity contribution in [3.05, 3.63) is 35.6 Å². The highest BCUT2D eigenvalue weighted by Crippen LogP contribution is 2.18. The molecule has 2 fully saturated rings. The van der Waals surface area contributed by atoms with Crippen LogP contribution in [0, 0.1) is 5.82 Å². The smallest absolute Gasteiger partial charge is 0.223 e. The monoisotopic (exact) mass is 377 g/mol. The number of hydrogen-bond acceptors (Lipinski definition) is 4. The van der Waals surface area contributed by atoms with Crippen molar-refractivity contribution in [3.8, 4) is 0 Å². The van der Waals surface area contributed by atoms with Gasteiger partial charge in [-0.25, -0.2) is 4.39 Å². The molecule has 0 radical (unpaired) electrons. The summed E-state index contributed by atoms with van der Waals surface area (Å²) in [6, 6.07) is 6.73. The molecule has 1 N–H and O–H groups in total. The summed E-state index contributed by atoms with van der Waals surface area (Å²) in [5, 5.41) is 9.45. The van der Waals surface area contributed by atoms with Gasteiger partial charge in [-0.05, 0) is 50.0 Å². The zero-order chi connectivity index (χ0) is 19.1. The number of halogens is 1. The number of aliphatic hydroxyl groups excluding tert-OH is 1. The molecule has 27 heavy (non-hydrogen) atoms. The van der Waals surface area contributed by atoms with Crippen molar-refractivity contribution in [2.24, 2.45) is 0 Å². The van der Waals surface area contributed by atoms with Crippen molar-refractivity contribution in [1.29, 1.82) is 0 Å². The van der Waals surface area contributed by atoms with Crippen molar-refractivity contribution >= 4 is 5.91 Å². The van der Waals surface area contributed by atoms with Gasteiger partial charge in [-0.2, -0.15) is 0 Å². The van der Waals surface area contributed by atoms with Gasteiger partial charge in [-0.1, -0.05) is 18.6 Å². The maximum Gasteiger partial charge on any atom is 0.223 e. The Balaban J connectivity index is 1.51. The van der Waals surface area contributed by atoms with Crippen LogP contribution in [-0.2, 0) is 11.3 Å². The summed E-state index contributed by atoms with van der Waals surface area (Å²) >= 11 is 0. The first kappa shape index (κ1) is 20.2. The molecule has 0 bridgehead atoms. The van der Waals surface area contributed by atoms with Gasteiger partial charge in [-0.3, -0.25) is 9.69 Å². The van der Waals surface area contributed by atoms with Crippen LogP contribution in [-0.4, -0.2) is 77.6 Å². The highest BCUT2D eigenvalue weighted by molar-refractivity contribution is 5.76. The fraction of sp³-hybridized carbons (Fsp3) is 0.667. The molecule has 1 amide bonds. The first-order valence-corrected chi connectivity index (χ1v) is 10.2. The summed E-state index contributed by atoms with van der Waals surface area (Å²) in [6.45, 7) is 6.11. The second kappa shape index (κ2) is 10.2. The molecule has 5 nitrogen and oxygen atoms in total. The second-order valence-corrected chi connectivity index (χ2v) is 7.76. The zero-order valence-corrected chi connectivity index (χ0v) is 16.2. The molecule has 0 saturated carbocycles. The van der Waals surface area contributed by atoms with Crippen LogP contribution in [0.5, 0.6) is 0 Å². The molecule has 1 aromatic carbocycles. The van der Waals surface area contributed by atoms with E-state index in [9.17, 15) is 14.3 Å². The van der Waals surface area contributed by atoms with Gasteiger partial charge in [0, 0.05) is 51.8 Å². The molecule has 0 unspecified atom stereocenters. The average molecular weight is 378 g/mol. The molecule has 2 saturated heterocycles. The quantitative estimate of drug-likeness (QED) is 0.791. The summed E-state index contributed by atoms with van der Waals surface area (Å²) in [6.07, 6.45) is 5.04. The third kappa shape index (κ3) is 5.99. The van der Waals surface area contributed by atoms with Crippen LogP contribution in [0.4, 0.5) is 4.39 Å². The zero-order valence-electron chi connectivity index (χ0n) is 16.2. The normalized spacial score (nSPS) is 22.1. The maximum atomic E-state index is 13.1. The van der Waals surface area contributed by atoms with Crippen LogP contribution < -0.4 is 0 Å². The molecule has 6 heteroatoms. The lowest BCUT2D eigenvalue weighted by atomic mass is 10.1. The van der Waals surface area contributed by atoms with Gasteiger partial charge in [-0.15, -0.1) is 0 Å². The number of amides is 1. The molecule has 0 aliphatic carbocycles. The SMILES string of the molecule is O=C(CCN1CCCCC1)N1CCN(Cc2ccc(F)cc2)[C@H](CCO)C1. The van der Waals surface area contributed by atoms with Crippen LogP contribution in [0.25, 0.3) is 0 Å². The fourth-order valence-corrected chi connectivity index (χ4v) is 4.17. The molecule has 2 aliphatic rings. The van der Waals surface area contributed by atoms with E-state index in [4.69, 9.17) is 0 Å². The summed E-state index contributed by atoms with van der Waals surface area (Å²) in [7, 11) is 0.